The van der Waals surface area contributed by atoms with Gasteiger partial charge in [-0.15, -0.1) is 0 Å². The predicted octanol–water partition coefficient (Wildman–Crippen LogP) is 0.463. The Labute approximate surface area is 310 Å². The monoisotopic (exact) mass is 763 g/mol. The number of cyclic esters (lactones) is 1. The van der Waals surface area contributed by atoms with E-state index in [9.17, 15) is 43.8 Å². The number of pyridine rings is 1. The van der Waals surface area contributed by atoms with Crippen molar-refractivity contribution in [1.82, 2.24) is 4.98 Å². The molecule has 5 rings (SSSR count). The SMILES string of the molecule is CC(=O)OC[C@@]12[C@H](OC(C)=O)[C@@H](O)[C@@H]3OC(=O)[C@H](C)[C@H](C)c4ncccc4C(=O)OC[C@@]4(C)O[C@@]1([C@@H](OC(C)=O)[C@H]4[C@H](OC(C)=O)[C@H]2OC(C)=O)[C@@]3(C)O. The quantitative estimate of drug-likeness (QED) is 0.295. The standard InChI is InChI=1S/C36H45NO17/c1-15-16(2)31(44)53-28-25(43)29(51-20(6)41)35(14-47-17(3)38)30(52-21(7)42)26(49-18(4)39)23-27(50-19(5)40)36(35,34(28,9)46)54-33(23,8)13-48-32(45)22-11-10-12-37-24(15)22/h10-12,15-16,23,25-30,43,46H,13-14H2,1-9H3/t15-,16+,23+,25-,26-,27-,28-,29+,30+,33+,34-,35-,36-/m0/s1. The van der Waals surface area contributed by atoms with Crippen molar-refractivity contribution in [2.45, 2.75) is 122 Å². The molecule has 3 heterocycles. The maximum Gasteiger partial charge on any atom is 0.340 e. The summed E-state index contributed by atoms with van der Waals surface area (Å²) in [6.07, 6.45) is -10.6. The highest BCUT2D eigenvalue weighted by Crippen LogP contribution is 2.70. The van der Waals surface area contributed by atoms with E-state index in [0.717, 1.165) is 41.5 Å². The molecule has 1 saturated heterocycles. The van der Waals surface area contributed by atoms with Gasteiger partial charge < -0.3 is 48.1 Å². The van der Waals surface area contributed by atoms with E-state index in [1.54, 1.807) is 6.92 Å². The molecule has 0 unspecified atom stereocenters. The van der Waals surface area contributed by atoms with E-state index in [2.05, 4.69) is 4.98 Å². The minimum atomic E-state index is -2.78. The van der Waals surface area contributed by atoms with E-state index in [4.69, 9.17) is 37.9 Å². The van der Waals surface area contributed by atoms with Crippen LogP contribution in [0.1, 0.15) is 84.3 Å². The first-order valence-corrected chi connectivity index (χ1v) is 17.3. The van der Waals surface area contributed by atoms with E-state index in [1.807, 2.05) is 0 Å². The number of esters is 7. The van der Waals surface area contributed by atoms with E-state index >= 15 is 0 Å². The van der Waals surface area contributed by atoms with Gasteiger partial charge in [-0.25, -0.2) is 4.79 Å². The lowest BCUT2D eigenvalue weighted by atomic mass is 9.45. The molecule has 1 spiro atoms. The second-order valence-corrected chi connectivity index (χ2v) is 14.7. The van der Waals surface area contributed by atoms with Crippen LogP contribution >= 0.6 is 0 Å². The molecule has 4 aliphatic rings. The van der Waals surface area contributed by atoms with Crippen molar-refractivity contribution in [2.24, 2.45) is 17.3 Å². The normalized spacial score (nSPS) is 39.8. The summed E-state index contributed by atoms with van der Waals surface area (Å²) in [7, 11) is 0. The lowest BCUT2D eigenvalue weighted by molar-refractivity contribution is -0.386. The number of carbonyl (C=O) groups is 7. The average molecular weight is 764 g/mol. The fourth-order valence-corrected chi connectivity index (χ4v) is 8.96. The fourth-order valence-electron chi connectivity index (χ4n) is 8.96. The van der Waals surface area contributed by atoms with Crippen LogP contribution in [0.25, 0.3) is 0 Å². The van der Waals surface area contributed by atoms with Crippen molar-refractivity contribution in [2.75, 3.05) is 13.2 Å². The molecule has 0 radical (unpaired) electrons. The van der Waals surface area contributed by atoms with Gasteiger partial charge >= 0.3 is 41.8 Å². The van der Waals surface area contributed by atoms with Gasteiger partial charge in [0.05, 0.1) is 23.1 Å². The molecule has 2 aliphatic carbocycles. The molecule has 1 aromatic heterocycles. The molecule has 296 valence electrons. The number of ether oxygens (including phenoxy) is 8. The van der Waals surface area contributed by atoms with Crippen LogP contribution in [0.3, 0.4) is 0 Å². The van der Waals surface area contributed by atoms with Crippen LogP contribution in [0.5, 0.6) is 0 Å². The number of hydrogen-bond acceptors (Lipinski definition) is 18. The highest BCUT2D eigenvalue weighted by molar-refractivity contribution is 5.91. The average Bonchev–Trinajstić information content (AvgIpc) is 3.29. The Bertz CT molecular complexity index is 1740. The van der Waals surface area contributed by atoms with Crippen LogP contribution in [-0.4, -0.2) is 124 Å². The number of aliphatic hydroxyl groups is 2. The molecule has 3 fully saturated rings. The van der Waals surface area contributed by atoms with E-state index in [-0.39, 0.29) is 11.3 Å². The fraction of sp³-hybridized carbons (Fsp3) is 0.667. The third-order valence-electron chi connectivity index (χ3n) is 11.2. The molecule has 54 heavy (non-hydrogen) atoms. The summed E-state index contributed by atoms with van der Waals surface area (Å²) in [6, 6.07) is 2.91. The number of rotatable bonds is 6. The summed E-state index contributed by atoms with van der Waals surface area (Å²) >= 11 is 0. The Morgan fingerprint density at radius 3 is 2.00 bits per heavy atom. The molecule has 13 atom stereocenters. The molecule has 18 nitrogen and oxygen atoms in total. The minimum Gasteiger partial charge on any atom is -0.465 e. The summed E-state index contributed by atoms with van der Waals surface area (Å²) in [5.41, 5.74) is -9.90. The van der Waals surface area contributed by atoms with Gasteiger partial charge in [0, 0.05) is 46.7 Å². The minimum absolute atomic E-state index is 0.0262. The summed E-state index contributed by atoms with van der Waals surface area (Å²) in [4.78, 5) is 97.0. The van der Waals surface area contributed by atoms with Gasteiger partial charge in [0.2, 0.25) is 0 Å². The molecule has 0 aromatic carbocycles. The van der Waals surface area contributed by atoms with E-state index in [1.165, 1.54) is 32.2 Å². The van der Waals surface area contributed by atoms with Crippen molar-refractivity contribution < 1.29 is 81.7 Å². The number of nitrogens with zero attached hydrogens (tertiary/aromatic N) is 1. The second kappa shape index (κ2) is 14.2. The van der Waals surface area contributed by atoms with Gasteiger partial charge in [-0.3, -0.25) is 33.8 Å². The zero-order valence-electron chi connectivity index (χ0n) is 31.3. The largest absolute Gasteiger partial charge is 0.465 e. The number of aliphatic hydroxyl groups excluding tert-OH is 1. The number of aromatic nitrogens is 1. The Kier molecular flexibility index (Phi) is 10.6. The first-order valence-electron chi connectivity index (χ1n) is 17.3. The molecular weight excluding hydrogens is 718 g/mol. The van der Waals surface area contributed by atoms with Crippen LogP contribution < -0.4 is 0 Å². The lowest BCUT2D eigenvalue weighted by Crippen LogP contribution is -2.89. The van der Waals surface area contributed by atoms with Crippen molar-refractivity contribution in [3.63, 3.8) is 0 Å². The van der Waals surface area contributed by atoms with Crippen LogP contribution in [-0.2, 0) is 66.7 Å². The molecule has 0 amide bonds. The number of carbonyl (C=O) groups excluding carboxylic acids is 7. The maximum absolute atomic E-state index is 14.1. The van der Waals surface area contributed by atoms with Gasteiger partial charge in [0.15, 0.2) is 17.8 Å². The van der Waals surface area contributed by atoms with Crippen molar-refractivity contribution >= 4 is 41.8 Å². The first-order chi connectivity index (χ1) is 25.1. The summed E-state index contributed by atoms with van der Waals surface area (Å²) in [6.45, 7) is 8.79. The van der Waals surface area contributed by atoms with E-state index < -0.39 is 132 Å². The van der Waals surface area contributed by atoms with Gasteiger partial charge in [-0.1, -0.05) is 13.8 Å². The van der Waals surface area contributed by atoms with Crippen molar-refractivity contribution in [1.29, 1.82) is 0 Å². The van der Waals surface area contributed by atoms with Crippen molar-refractivity contribution in [3.05, 3.63) is 29.6 Å². The zero-order valence-corrected chi connectivity index (χ0v) is 31.3. The Balaban J connectivity index is 1.96. The second-order valence-electron chi connectivity index (χ2n) is 14.7. The lowest BCUT2D eigenvalue weighted by Gasteiger charge is -2.67. The first kappa shape index (κ1) is 40.5. The summed E-state index contributed by atoms with van der Waals surface area (Å²) in [5.74, 6) is -10.4. The molecule has 4 bridgehead atoms. The molecule has 1 aromatic rings. The van der Waals surface area contributed by atoms with Gasteiger partial charge in [-0.2, -0.15) is 0 Å². The van der Waals surface area contributed by atoms with E-state index in [0.29, 0.717) is 0 Å². The Morgan fingerprint density at radius 2 is 1.43 bits per heavy atom. The van der Waals surface area contributed by atoms with Gasteiger partial charge in [0.25, 0.3) is 0 Å². The van der Waals surface area contributed by atoms with Crippen LogP contribution in [0.4, 0.5) is 0 Å². The molecule has 2 aliphatic heterocycles. The molecular formula is C36H45NO17. The topological polar surface area (TPSA) is 247 Å². The highest BCUT2D eigenvalue weighted by Gasteiger charge is 2.91. The number of hydrogen-bond donors (Lipinski definition) is 2. The number of fused-ring (bicyclic) bond motifs is 5. The van der Waals surface area contributed by atoms with Gasteiger partial charge in [-0.05, 0) is 26.0 Å². The van der Waals surface area contributed by atoms with Crippen LogP contribution in [0.2, 0.25) is 0 Å². The Morgan fingerprint density at radius 1 is 0.852 bits per heavy atom. The summed E-state index contributed by atoms with van der Waals surface area (Å²) in [5, 5.41) is 25.4. The van der Waals surface area contributed by atoms with Crippen LogP contribution in [0.15, 0.2) is 18.3 Å². The predicted molar refractivity (Wildman–Crippen MR) is 176 cm³/mol. The van der Waals surface area contributed by atoms with Gasteiger partial charge in [0.1, 0.15) is 54.2 Å². The smallest absolute Gasteiger partial charge is 0.340 e. The van der Waals surface area contributed by atoms with Crippen molar-refractivity contribution in [3.8, 4) is 0 Å². The zero-order chi connectivity index (χ0) is 40.3. The molecule has 18 heteroatoms. The Hall–Kier alpha value is -4.68. The third-order valence-corrected chi connectivity index (χ3v) is 11.2. The maximum atomic E-state index is 14.1. The molecule has 2 saturated carbocycles. The third kappa shape index (κ3) is 6.17. The van der Waals surface area contributed by atoms with Crippen LogP contribution in [0, 0.1) is 17.3 Å². The highest BCUT2D eigenvalue weighted by atomic mass is 16.7. The summed E-state index contributed by atoms with van der Waals surface area (Å²) < 4.78 is 47.8. The molecule has 2 N–H and O–H groups in total.